The number of rotatable bonds is 6. The van der Waals surface area contributed by atoms with Crippen molar-refractivity contribution in [2.45, 2.75) is 31.7 Å². The minimum atomic E-state index is -0.392. The van der Waals surface area contributed by atoms with E-state index >= 15 is 0 Å². The fourth-order valence-corrected chi connectivity index (χ4v) is 4.13. The molecule has 7 nitrogen and oxygen atoms in total. The number of hydrogen-bond acceptors (Lipinski definition) is 4. The van der Waals surface area contributed by atoms with Crippen LogP contribution in [-0.2, 0) is 4.79 Å². The van der Waals surface area contributed by atoms with Crippen LogP contribution in [0.5, 0.6) is 0 Å². The predicted octanol–water partition coefficient (Wildman–Crippen LogP) is 2.62. The lowest BCUT2D eigenvalue weighted by atomic mass is 10.0. The zero-order chi connectivity index (χ0) is 22.7. The number of fused-ring (bicyclic) bond motifs is 1. The van der Waals surface area contributed by atoms with Gasteiger partial charge in [0, 0.05) is 37.7 Å². The highest BCUT2D eigenvalue weighted by molar-refractivity contribution is 6.21. The molecule has 32 heavy (non-hydrogen) atoms. The number of imide groups is 1. The van der Waals surface area contributed by atoms with Crippen molar-refractivity contribution in [1.82, 2.24) is 15.1 Å². The number of benzene rings is 2. The third kappa shape index (κ3) is 4.54. The molecule has 0 atom stereocenters. The molecule has 166 valence electrons. The van der Waals surface area contributed by atoms with Gasteiger partial charge in [0.15, 0.2) is 0 Å². The molecular formula is C24H24FN3O4. The number of likely N-dealkylation sites (tertiary alicyclic amines) is 1. The van der Waals surface area contributed by atoms with Gasteiger partial charge in [-0.2, -0.15) is 0 Å². The molecule has 2 aliphatic rings. The van der Waals surface area contributed by atoms with Crippen LogP contribution in [0.25, 0.3) is 0 Å². The maximum absolute atomic E-state index is 13.0. The molecule has 0 unspecified atom stereocenters. The van der Waals surface area contributed by atoms with Gasteiger partial charge in [0.05, 0.1) is 11.1 Å². The molecule has 0 radical (unpaired) electrons. The van der Waals surface area contributed by atoms with Gasteiger partial charge in [-0.15, -0.1) is 0 Å². The van der Waals surface area contributed by atoms with E-state index in [1.54, 1.807) is 29.2 Å². The van der Waals surface area contributed by atoms with Crippen molar-refractivity contribution in [3.8, 4) is 0 Å². The number of amides is 4. The van der Waals surface area contributed by atoms with Crippen molar-refractivity contribution >= 4 is 23.6 Å². The highest BCUT2D eigenvalue weighted by Gasteiger charge is 2.34. The van der Waals surface area contributed by atoms with Gasteiger partial charge in [0.25, 0.3) is 17.7 Å². The summed E-state index contributed by atoms with van der Waals surface area (Å²) in [5.74, 6) is -1.29. The van der Waals surface area contributed by atoms with Gasteiger partial charge in [-0.25, -0.2) is 4.39 Å². The lowest BCUT2D eigenvalue weighted by molar-refractivity contribution is -0.132. The van der Waals surface area contributed by atoms with E-state index in [4.69, 9.17) is 0 Å². The van der Waals surface area contributed by atoms with Crippen molar-refractivity contribution in [3.05, 3.63) is 71.0 Å². The SMILES string of the molecule is O=C(NC1CCN(C(=O)CCCN2C(=O)c3ccccc3C2=O)CC1)c1ccc(F)cc1. The van der Waals surface area contributed by atoms with Crippen molar-refractivity contribution in [1.29, 1.82) is 0 Å². The number of nitrogens with zero attached hydrogens (tertiary/aromatic N) is 2. The number of hydrogen-bond donors (Lipinski definition) is 1. The Bertz CT molecular complexity index is 1010. The Morgan fingerprint density at radius 3 is 2.12 bits per heavy atom. The van der Waals surface area contributed by atoms with E-state index in [1.807, 2.05) is 0 Å². The summed E-state index contributed by atoms with van der Waals surface area (Å²) < 4.78 is 13.0. The second-order valence-corrected chi connectivity index (χ2v) is 8.05. The Morgan fingerprint density at radius 2 is 1.53 bits per heavy atom. The molecule has 2 aromatic rings. The predicted molar refractivity (Wildman–Crippen MR) is 115 cm³/mol. The van der Waals surface area contributed by atoms with Crippen LogP contribution in [-0.4, -0.2) is 59.1 Å². The highest BCUT2D eigenvalue weighted by Crippen LogP contribution is 2.23. The number of carbonyl (C=O) groups is 4. The fraction of sp³-hybridized carbons (Fsp3) is 0.333. The van der Waals surface area contributed by atoms with Crippen LogP contribution < -0.4 is 5.32 Å². The molecule has 0 aliphatic carbocycles. The van der Waals surface area contributed by atoms with E-state index in [1.165, 1.54) is 29.2 Å². The third-order valence-corrected chi connectivity index (χ3v) is 5.94. The van der Waals surface area contributed by atoms with Crippen LogP contribution in [0.1, 0.15) is 56.8 Å². The van der Waals surface area contributed by atoms with Crippen LogP contribution in [0.4, 0.5) is 4.39 Å². The zero-order valence-corrected chi connectivity index (χ0v) is 17.6. The molecule has 0 saturated carbocycles. The van der Waals surface area contributed by atoms with E-state index in [0.717, 1.165) is 0 Å². The Kier molecular flexibility index (Phi) is 6.30. The fourth-order valence-electron chi connectivity index (χ4n) is 4.13. The average Bonchev–Trinajstić information content (AvgIpc) is 3.05. The Labute approximate surface area is 185 Å². The summed E-state index contributed by atoms with van der Waals surface area (Å²) >= 11 is 0. The molecule has 2 heterocycles. The van der Waals surface area contributed by atoms with Crippen LogP contribution in [0.3, 0.4) is 0 Å². The normalized spacial score (nSPS) is 16.3. The smallest absolute Gasteiger partial charge is 0.261 e. The Balaban J connectivity index is 1.20. The number of halogens is 1. The molecule has 0 aromatic heterocycles. The molecule has 1 fully saturated rings. The summed E-state index contributed by atoms with van der Waals surface area (Å²) in [4.78, 5) is 52.5. The van der Waals surface area contributed by atoms with E-state index in [-0.39, 0.29) is 42.6 Å². The summed E-state index contributed by atoms with van der Waals surface area (Å²) in [5.41, 5.74) is 1.22. The number of carbonyl (C=O) groups excluding carboxylic acids is 4. The molecule has 4 rings (SSSR count). The van der Waals surface area contributed by atoms with Crippen molar-refractivity contribution in [2.24, 2.45) is 0 Å². The van der Waals surface area contributed by atoms with Gasteiger partial charge in [-0.1, -0.05) is 12.1 Å². The zero-order valence-electron chi connectivity index (χ0n) is 17.6. The molecule has 0 bridgehead atoms. The minimum Gasteiger partial charge on any atom is -0.349 e. The van der Waals surface area contributed by atoms with Gasteiger partial charge < -0.3 is 10.2 Å². The molecule has 1 saturated heterocycles. The maximum atomic E-state index is 13.0. The first kappa shape index (κ1) is 21.7. The highest BCUT2D eigenvalue weighted by atomic mass is 19.1. The first-order valence-electron chi connectivity index (χ1n) is 10.7. The first-order chi connectivity index (χ1) is 15.4. The summed E-state index contributed by atoms with van der Waals surface area (Å²) in [7, 11) is 0. The van der Waals surface area contributed by atoms with Crippen LogP contribution >= 0.6 is 0 Å². The second-order valence-electron chi connectivity index (χ2n) is 8.05. The van der Waals surface area contributed by atoms with Crippen molar-refractivity contribution < 1.29 is 23.6 Å². The molecule has 0 spiro atoms. The van der Waals surface area contributed by atoms with Gasteiger partial charge in [0.2, 0.25) is 5.91 Å². The van der Waals surface area contributed by atoms with E-state index in [2.05, 4.69) is 5.32 Å². The molecule has 2 aromatic carbocycles. The van der Waals surface area contributed by atoms with Crippen LogP contribution in [0.2, 0.25) is 0 Å². The lowest BCUT2D eigenvalue weighted by Gasteiger charge is -2.32. The summed E-state index contributed by atoms with van der Waals surface area (Å²) in [6.07, 6.45) is 1.93. The quantitative estimate of drug-likeness (QED) is 0.704. The van der Waals surface area contributed by atoms with E-state index < -0.39 is 5.82 Å². The van der Waals surface area contributed by atoms with Gasteiger partial charge in [-0.05, 0) is 55.7 Å². The number of piperidine rings is 1. The molecule has 8 heteroatoms. The average molecular weight is 437 g/mol. The molecular weight excluding hydrogens is 413 g/mol. The van der Waals surface area contributed by atoms with Crippen LogP contribution in [0, 0.1) is 5.82 Å². The summed E-state index contributed by atoms with van der Waals surface area (Å²) in [6.45, 7) is 1.27. The Morgan fingerprint density at radius 1 is 0.938 bits per heavy atom. The van der Waals surface area contributed by atoms with Gasteiger partial charge in [-0.3, -0.25) is 24.1 Å². The maximum Gasteiger partial charge on any atom is 0.261 e. The van der Waals surface area contributed by atoms with E-state index in [9.17, 15) is 23.6 Å². The summed E-state index contributed by atoms with van der Waals surface area (Å²) in [6, 6.07) is 12.1. The van der Waals surface area contributed by atoms with Crippen LogP contribution in [0.15, 0.2) is 48.5 Å². The topological polar surface area (TPSA) is 86.8 Å². The largest absolute Gasteiger partial charge is 0.349 e. The standard InChI is InChI=1S/C24H24FN3O4/c25-17-9-7-16(8-10-17)22(30)26-18-11-14-27(15-12-18)21(29)6-3-13-28-23(31)19-4-1-2-5-20(19)24(28)32/h1-2,4-5,7-10,18H,3,6,11-15H2,(H,26,30). The third-order valence-electron chi connectivity index (χ3n) is 5.94. The minimum absolute atomic E-state index is 0.0232. The van der Waals surface area contributed by atoms with Crippen molar-refractivity contribution in [2.75, 3.05) is 19.6 Å². The summed E-state index contributed by atoms with van der Waals surface area (Å²) in [5, 5.41) is 2.93. The molecule has 4 amide bonds. The first-order valence-corrected chi connectivity index (χ1v) is 10.7. The van der Waals surface area contributed by atoms with Crippen molar-refractivity contribution in [3.63, 3.8) is 0 Å². The number of nitrogens with one attached hydrogen (secondary N) is 1. The Hall–Kier alpha value is -3.55. The monoisotopic (exact) mass is 437 g/mol. The lowest BCUT2D eigenvalue weighted by Crippen LogP contribution is -2.46. The van der Waals surface area contributed by atoms with E-state index in [0.29, 0.717) is 49.0 Å². The second kappa shape index (κ2) is 9.30. The molecule has 1 N–H and O–H groups in total. The van der Waals surface area contributed by atoms with Gasteiger partial charge in [0.1, 0.15) is 5.82 Å². The van der Waals surface area contributed by atoms with Gasteiger partial charge >= 0.3 is 0 Å². The molecule has 2 aliphatic heterocycles.